The lowest BCUT2D eigenvalue weighted by Crippen LogP contribution is -2.29. The van der Waals surface area contributed by atoms with Gasteiger partial charge in [-0.2, -0.15) is 0 Å². The van der Waals surface area contributed by atoms with Crippen molar-refractivity contribution in [3.8, 4) is 11.5 Å². The van der Waals surface area contributed by atoms with Crippen LogP contribution in [0.3, 0.4) is 0 Å². The van der Waals surface area contributed by atoms with Gasteiger partial charge in [-0.1, -0.05) is 0 Å². The quantitative estimate of drug-likeness (QED) is 0.790. The van der Waals surface area contributed by atoms with E-state index in [0.717, 1.165) is 30.1 Å². The van der Waals surface area contributed by atoms with Crippen molar-refractivity contribution in [2.75, 3.05) is 38.4 Å². The fraction of sp³-hybridized carbons (Fsp3) is 0.353. The topological polar surface area (TPSA) is 92.8 Å². The number of thiazole rings is 1. The molecule has 2 heterocycles. The van der Waals surface area contributed by atoms with Gasteiger partial charge < -0.3 is 19.7 Å². The molecule has 8 nitrogen and oxygen atoms in total. The van der Waals surface area contributed by atoms with Crippen LogP contribution >= 0.6 is 11.3 Å². The van der Waals surface area contributed by atoms with Crippen molar-refractivity contribution in [3.63, 3.8) is 0 Å². The first-order valence-corrected chi connectivity index (χ1v) is 8.83. The van der Waals surface area contributed by atoms with E-state index in [4.69, 9.17) is 9.47 Å². The van der Waals surface area contributed by atoms with E-state index in [1.54, 1.807) is 18.2 Å². The van der Waals surface area contributed by atoms with Gasteiger partial charge >= 0.3 is 11.8 Å². The van der Waals surface area contributed by atoms with Gasteiger partial charge in [0, 0.05) is 30.5 Å². The Morgan fingerprint density at radius 2 is 1.96 bits per heavy atom. The first-order valence-electron chi connectivity index (χ1n) is 8.01. The monoisotopic (exact) mass is 376 g/mol. The molecule has 1 aromatic heterocycles. The summed E-state index contributed by atoms with van der Waals surface area (Å²) in [7, 11) is 5.05. The lowest BCUT2D eigenvalue weighted by atomic mass is 10.2. The van der Waals surface area contributed by atoms with Crippen LogP contribution in [-0.4, -0.2) is 49.5 Å². The Bertz CT molecular complexity index is 836. The van der Waals surface area contributed by atoms with E-state index < -0.39 is 11.8 Å². The molecule has 3 rings (SSSR count). The molecule has 0 radical (unpaired) electrons. The molecule has 1 aliphatic heterocycles. The van der Waals surface area contributed by atoms with E-state index in [1.165, 1.54) is 25.6 Å². The molecule has 0 aliphatic carbocycles. The number of rotatable bonds is 4. The van der Waals surface area contributed by atoms with Gasteiger partial charge in [0.1, 0.15) is 11.5 Å². The minimum absolute atomic E-state index is 0.383. The Morgan fingerprint density at radius 1 is 1.19 bits per heavy atom. The predicted octanol–water partition coefficient (Wildman–Crippen LogP) is 1.73. The highest BCUT2D eigenvalue weighted by Gasteiger charge is 2.22. The summed E-state index contributed by atoms with van der Waals surface area (Å²) in [5.41, 5.74) is 1.37. The predicted molar refractivity (Wildman–Crippen MR) is 99.0 cm³/mol. The number of nitrogens with zero attached hydrogens (tertiary/aromatic N) is 2. The number of ether oxygens (including phenoxy) is 2. The van der Waals surface area contributed by atoms with E-state index in [0.29, 0.717) is 22.3 Å². The van der Waals surface area contributed by atoms with Gasteiger partial charge in [0.2, 0.25) is 0 Å². The highest BCUT2D eigenvalue weighted by atomic mass is 32.1. The Morgan fingerprint density at radius 3 is 2.69 bits per heavy atom. The molecular formula is C17H20N4O4S. The number of fused-ring (bicyclic) bond motifs is 1. The maximum atomic E-state index is 12.2. The standard InChI is InChI=1S/C17H20N4O4S/c1-21-7-6-12-14(9-21)26-17(19-12)20-16(23)15(22)18-11-5-4-10(24-2)8-13(11)25-3/h4-5,8H,6-7,9H2,1-3H3,(H,18,22)(H,19,20,23). The van der Waals surface area contributed by atoms with Crippen LogP contribution < -0.4 is 20.1 Å². The van der Waals surface area contributed by atoms with Gasteiger partial charge in [-0.05, 0) is 19.2 Å². The summed E-state index contributed by atoms with van der Waals surface area (Å²) in [6, 6.07) is 4.90. The van der Waals surface area contributed by atoms with Gasteiger partial charge in [-0.3, -0.25) is 14.9 Å². The third kappa shape index (κ3) is 3.94. The van der Waals surface area contributed by atoms with Crippen molar-refractivity contribution < 1.29 is 19.1 Å². The number of benzene rings is 1. The highest BCUT2D eigenvalue weighted by Crippen LogP contribution is 2.30. The fourth-order valence-corrected chi connectivity index (χ4v) is 3.69. The molecule has 0 saturated heterocycles. The van der Waals surface area contributed by atoms with Gasteiger partial charge in [-0.15, -0.1) is 11.3 Å². The molecule has 0 bridgehead atoms. The zero-order chi connectivity index (χ0) is 18.7. The normalized spacial score (nSPS) is 13.7. The third-order valence-corrected chi connectivity index (χ3v) is 5.00. The van der Waals surface area contributed by atoms with E-state index >= 15 is 0 Å². The summed E-state index contributed by atoms with van der Waals surface area (Å²) in [5.74, 6) is -0.582. The Labute approximate surface area is 155 Å². The maximum Gasteiger partial charge on any atom is 0.315 e. The molecule has 0 saturated carbocycles. The number of methoxy groups -OCH3 is 2. The summed E-state index contributed by atoms with van der Waals surface area (Å²) in [6.07, 6.45) is 0.841. The summed E-state index contributed by atoms with van der Waals surface area (Å²) in [5, 5.41) is 5.54. The van der Waals surface area contributed by atoms with Crippen molar-refractivity contribution in [1.82, 2.24) is 9.88 Å². The lowest BCUT2D eigenvalue weighted by Gasteiger charge is -2.20. The van der Waals surface area contributed by atoms with Gasteiger partial charge in [0.25, 0.3) is 0 Å². The summed E-state index contributed by atoms with van der Waals surface area (Å²) in [6.45, 7) is 1.74. The Hall–Kier alpha value is -2.65. The molecule has 0 atom stereocenters. The van der Waals surface area contributed by atoms with Gasteiger partial charge in [0.15, 0.2) is 5.13 Å². The maximum absolute atomic E-state index is 12.2. The van der Waals surface area contributed by atoms with E-state index in [9.17, 15) is 9.59 Å². The van der Waals surface area contributed by atoms with Gasteiger partial charge in [0.05, 0.1) is 25.6 Å². The number of nitrogens with one attached hydrogen (secondary N) is 2. The third-order valence-electron chi connectivity index (χ3n) is 4.01. The van der Waals surface area contributed by atoms with Crippen molar-refractivity contribution in [2.45, 2.75) is 13.0 Å². The second-order valence-corrected chi connectivity index (χ2v) is 6.93. The molecule has 138 valence electrons. The molecule has 1 aromatic carbocycles. The summed E-state index contributed by atoms with van der Waals surface area (Å²) < 4.78 is 10.3. The summed E-state index contributed by atoms with van der Waals surface area (Å²) in [4.78, 5) is 32.1. The summed E-state index contributed by atoms with van der Waals surface area (Å²) >= 11 is 1.40. The molecule has 9 heteroatoms. The molecule has 1 aliphatic rings. The zero-order valence-electron chi connectivity index (χ0n) is 14.8. The number of hydrogen-bond donors (Lipinski definition) is 2. The fourth-order valence-electron chi connectivity index (χ4n) is 2.61. The van der Waals surface area contributed by atoms with Crippen LogP contribution in [0.5, 0.6) is 11.5 Å². The van der Waals surface area contributed by atoms with Crippen LogP contribution in [-0.2, 0) is 22.6 Å². The number of aromatic nitrogens is 1. The van der Waals surface area contributed by atoms with Crippen LogP contribution in [0.2, 0.25) is 0 Å². The van der Waals surface area contributed by atoms with Crippen LogP contribution in [0.4, 0.5) is 10.8 Å². The molecule has 2 aromatic rings. The average Bonchev–Trinajstić information content (AvgIpc) is 3.03. The minimum atomic E-state index is -0.793. The first-order chi connectivity index (χ1) is 12.5. The zero-order valence-corrected chi connectivity index (χ0v) is 15.6. The number of likely N-dealkylation sites (N-methyl/N-ethyl adjacent to an activating group) is 1. The van der Waals surface area contributed by atoms with Crippen molar-refractivity contribution in [1.29, 1.82) is 0 Å². The molecule has 0 fully saturated rings. The van der Waals surface area contributed by atoms with Crippen LogP contribution in [0.15, 0.2) is 18.2 Å². The highest BCUT2D eigenvalue weighted by molar-refractivity contribution is 7.16. The minimum Gasteiger partial charge on any atom is -0.497 e. The lowest BCUT2D eigenvalue weighted by molar-refractivity contribution is -0.133. The second kappa shape index (κ2) is 7.71. The molecular weight excluding hydrogens is 356 g/mol. The van der Waals surface area contributed by atoms with Crippen molar-refractivity contribution in [3.05, 3.63) is 28.8 Å². The van der Waals surface area contributed by atoms with Crippen molar-refractivity contribution in [2.24, 2.45) is 0 Å². The Kier molecular flexibility index (Phi) is 5.38. The number of carbonyl (C=O) groups is 2. The number of carbonyl (C=O) groups excluding carboxylic acids is 2. The number of anilines is 2. The van der Waals surface area contributed by atoms with Gasteiger partial charge in [-0.25, -0.2) is 4.98 Å². The molecule has 0 unspecified atom stereocenters. The first kappa shape index (κ1) is 18.2. The van der Waals surface area contributed by atoms with Crippen LogP contribution in [0, 0.1) is 0 Å². The smallest absolute Gasteiger partial charge is 0.315 e. The largest absolute Gasteiger partial charge is 0.497 e. The number of amides is 2. The molecule has 2 N–H and O–H groups in total. The number of hydrogen-bond acceptors (Lipinski definition) is 7. The van der Waals surface area contributed by atoms with E-state index in [1.807, 2.05) is 7.05 Å². The second-order valence-electron chi connectivity index (χ2n) is 5.85. The van der Waals surface area contributed by atoms with Crippen LogP contribution in [0.1, 0.15) is 10.6 Å². The SMILES string of the molecule is COc1ccc(NC(=O)C(=O)Nc2nc3c(s2)CN(C)CC3)c(OC)c1. The average molecular weight is 376 g/mol. The van der Waals surface area contributed by atoms with E-state index in [-0.39, 0.29) is 0 Å². The van der Waals surface area contributed by atoms with E-state index in [2.05, 4.69) is 20.5 Å². The molecule has 26 heavy (non-hydrogen) atoms. The Balaban J connectivity index is 1.66. The molecule has 2 amide bonds. The molecule has 0 spiro atoms. The van der Waals surface area contributed by atoms with Crippen LogP contribution in [0.25, 0.3) is 0 Å². The van der Waals surface area contributed by atoms with Crippen molar-refractivity contribution >= 4 is 34.0 Å².